The maximum absolute atomic E-state index is 12.0. The molecule has 2 N–H and O–H groups in total. The van der Waals surface area contributed by atoms with Crippen LogP contribution >= 0.6 is 11.6 Å². The average molecular weight is 299 g/mol. The Kier molecular flexibility index (Phi) is 3.63. The van der Waals surface area contributed by atoms with Crippen molar-refractivity contribution < 1.29 is 19.6 Å². The molecule has 1 aliphatic carbocycles. The van der Waals surface area contributed by atoms with Gasteiger partial charge in [-0.2, -0.15) is 0 Å². The first kappa shape index (κ1) is 14.3. The molecule has 2 rings (SSSR count). The van der Waals surface area contributed by atoms with Gasteiger partial charge in [-0.05, 0) is 31.4 Å². The first-order valence-electron chi connectivity index (χ1n) is 5.85. The Bertz CT molecular complexity index is 598. The molecule has 20 heavy (non-hydrogen) atoms. The zero-order valence-electron chi connectivity index (χ0n) is 10.3. The number of nitrogens with one attached hydrogen (secondary N) is 1. The molecule has 1 aliphatic rings. The minimum Gasteiger partial charge on any atom is -0.480 e. The number of amides is 1. The Labute approximate surface area is 118 Å². The molecule has 0 spiro atoms. The van der Waals surface area contributed by atoms with Crippen LogP contribution in [0.4, 0.5) is 5.69 Å². The minimum atomic E-state index is -1.23. The maximum Gasteiger partial charge on any atom is 0.329 e. The van der Waals surface area contributed by atoms with Crippen LogP contribution in [0.15, 0.2) is 18.2 Å². The molecular weight excluding hydrogens is 288 g/mol. The van der Waals surface area contributed by atoms with Crippen LogP contribution < -0.4 is 5.32 Å². The Morgan fingerprint density at radius 2 is 2.05 bits per heavy atom. The third-order valence-electron chi connectivity index (χ3n) is 3.38. The van der Waals surface area contributed by atoms with Crippen LogP contribution in [0.2, 0.25) is 5.02 Å². The molecule has 0 atom stereocenters. The van der Waals surface area contributed by atoms with Gasteiger partial charge >= 0.3 is 5.97 Å². The number of carboxylic acids is 1. The summed E-state index contributed by atoms with van der Waals surface area (Å²) in [6.45, 7) is 0. The molecule has 0 aliphatic heterocycles. The van der Waals surface area contributed by atoms with E-state index in [1.807, 2.05) is 0 Å². The fourth-order valence-electron chi connectivity index (χ4n) is 2.01. The summed E-state index contributed by atoms with van der Waals surface area (Å²) in [5.41, 5.74) is -1.45. The van der Waals surface area contributed by atoms with E-state index in [1.54, 1.807) is 0 Å². The third-order valence-corrected chi connectivity index (χ3v) is 3.68. The number of carboxylic acid groups (broad SMARTS) is 1. The van der Waals surface area contributed by atoms with Crippen molar-refractivity contribution in [3.05, 3.63) is 38.9 Å². The monoisotopic (exact) mass is 298 g/mol. The second-order valence-electron chi connectivity index (χ2n) is 4.62. The molecule has 1 amide bonds. The normalized spacial score (nSPS) is 16.1. The highest BCUT2D eigenvalue weighted by atomic mass is 35.5. The summed E-state index contributed by atoms with van der Waals surface area (Å²) < 4.78 is 0. The molecule has 0 aromatic heterocycles. The molecule has 0 radical (unpaired) electrons. The first-order valence-corrected chi connectivity index (χ1v) is 6.23. The number of nitro benzene ring substituents is 1. The fraction of sp³-hybridized carbons (Fsp3) is 0.333. The summed E-state index contributed by atoms with van der Waals surface area (Å²) in [6.07, 6.45) is 1.47. The van der Waals surface area contributed by atoms with Crippen LogP contribution in [0.1, 0.15) is 29.6 Å². The quantitative estimate of drug-likeness (QED) is 0.652. The highest BCUT2D eigenvalue weighted by Crippen LogP contribution is 2.33. The summed E-state index contributed by atoms with van der Waals surface area (Å²) in [5, 5.41) is 22.0. The second-order valence-corrected chi connectivity index (χ2v) is 5.03. The van der Waals surface area contributed by atoms with Crippen molar-refractivity contribution in [2.45, 2.75) is 24.8 Å². The third kappa shape index (κ3) is 2.44. The van der Waals surface area contributed by atoms with Crippen LogP contribution in [-0.4, -0.2) is 27.4 Å². The van der Waals surface area contributed by atoms with E-state index in [1.165, 1.54) is 6.07 Å². The van der Waals surface area contributed by atoms with Gasteiger partial charge in [0.2, 0.25) is 0 Å². The number of carbonyl (C=O) groups excluding carboxylic acids is 1. The van der Waals surface area contributed by atoms with E-state index in [-0.39, 0.29) is 16.3 Å². The summed E-state index contributed by atoms with van der Waals surface area (Å²) >= 11 is 5.71. The molecule has 1 aromatic carbocycles. The Hall–Kier alpha value is -2.15. The molecule has 106 valence electrons. The van der Waals surface area contributed by atoms with E-state index >= 15 is 0 Å². The summed E-state index contributed by atoms with van der Waals surface area (Å²) in [4.78, 5) is 33.1. The predicted octanol–water partition coefficient (Wildman–Crippen LogP) is 1.99. The number of aliphatic carboxylic acids is 1. The van der Waals surface area contributed by atoms with Crippen molar-refractivity contribution in [3.8, 4) is 0 Å². The van der Waals surface area contributed by atoms with Gasteiger partial charge < -0.3 is 10.4 Å². The molecule has 1 fully saturated rings. The number of hydrogen-bond donors (Lipinski definition) is 2. The lowest BCUT2D eigenvalue weighted by atomic mass is 9.76. The van der Waals surface area contributed by atoms with Crippen molar-refractivity contribution >= 4 is 29.2 Å². The van der Waals surface area contributed by atoms with E-state index in [9.17, 15) is 19.7 Å². The van der Waals surface area contributed by atoms with Crippen molar-refractivity contribution in [2.24, 2.45) is 0 Å². The van der Waals surface area contributed by atoms with Gasteiger partial charge in [0, 0.05) is 11.6 Å². The first-order chi connectivity index (χ1) is 9.35. The van der Waals surface area contributed by atoms with Crippen LogP contribution in [-0.2, 0) is 4.79 Å². The second kappa shape index (κ2) is 5.09. The van der Waals surface area contributed by atoms with Crippen LogP contribution in [0.5, 0.6) is 0 Å². The molecule has 8 heteroatoms. The standard InChI is InChI=1S/C12H11ClN2O5/c13-8-6-7(2-3-9(8)15(19)20)10(16)14-12(11(17)18)4-1-5-12/h2-3,6H,1,4-5H2,(H,14,16)(H,17,18). The Morgan fingerprint density at radius 3 is 2.45 bits per heavy atom. The van der Waals surface area contributed by atoms with Gasteiger partial charge in [0.05, 0.1) is 4.92 Å². The number of halogens is 1. The molecule has 1 aromatic rings. The Morgan fingerprint density at radius 1 is 1.40 bits per heavy atom. The van der Waals surface area contributed by atoms with Crippen molar-refractivity contribution in [2.75, 3.05) is 0 Å². The van der Waals surface area contributed by atoms with Crippen LogP contribution in [0.3, 0.4) is 0 Å². The molecular formula is C12H11ClN2O5. The van der Waals surface area contributed by atoms with Crippen molar-refractivity contribution in [1.29, 1.82) is 0 Å². The molecule has 0 bridgehead atoms. The lowest BCUT2D eigenvalue weighted by molar-refractivity contribution is -0.384. The summed E-state index contributed by atoms with van der Waals surface area (Å²) in [7, 11) is 0. The van der Waals surface area contributed by atoms with Gasteiger partial charge in [0.1, 0.15) is 10.6 Å². The molecule has 7 nitrogen and oxygen atoms in total. The van der Waals surface area contributed by atoms with Gasteiger partial charge in [-0.25, -0.2) is 4.79 Å². The van der Waals surface area contributed by atoms with Gasteiger partial charge in [-0.15, -0.1) is 0 Å². The van der Waals surface area contributed by atoms with Crippen LogP contribution in [0.25, 0.3) is 0 Å². The highest BCUT2D eigenvalue weighted by molar-refractivity contribution is 6.33. The highest BCUT2D eigenvalue weighted by Gasteiger charge is 2.45. The number of nitrogens with zero attached hydrogens (tertiary/aromatic N) is 1. The van der Waals surface area contributed by atoms with E-state index in [0.717, 1.165) is 18.6 Å². The summed E-state index contributed by atoms with van der Waals surface area (Å²) in [6, 6.07) is 3.52. The maximum atomic E-state index is 12.0. The fourth-order valence-corrected chi connectivity index (χ4v) is 2.26. The van der Waals surface area contributed by atoms with E-state index in [4.69, 9.17) is 16.7 Å². The lowest BCUT2D eigenvalue weighted by Crippen LogP contribution is -2.59. The number of hydrogen-bond acceptors (Lipinski definition) is 4. The van der Waals surface area contributed by atoms with Gasteiger partial charge in [-0.3, -0.25) is 14.9 Å². The topological polar surface area (TPSA) is 110 Å². The van der Waals surface area contributed by atoms with E-state index < -0.39 is 22.3 Å². The summed E-state index contributed by atoms with van der Waals surface area (Å²) in [5.74, 6) is -1.69. The largest absolute Gasteiger partial charge is 0.480 e. The van der Waals surface area contributed by atoms with E-state index in [2.05, 4.69) is 5.32 Å². The molecule has 0 unspecified atom stereocenters. The zero-order chi connectivity index (χ0) is 14.9. The van der Waals surface area contributed by atoms with Gasteiger partial charge in [0.15, 0.2) is 0 Å². The van der Waals surface area contributed by atoms with Gasteiger partial charge in [0.25, 0.3) is 11.6 Å². The SMILES string of the molecule is O=C(NC1(C(=O)O)CCC1)c1ccc([N+](=O)[O-])c(Cl)c1. The van der Waals surface area contributed by atoms with E-state index in [0.29, 0.717) is 12.8 Å². The van der Waals surface area contributed by atoms with Gasteiger partial charge in [-0.1, -0.05) is 11.6 Å². The number of benzene rings is 1. The number of carbonyl (C=O) groups is 2. The number of rotatable bonds is 4. The molecule has 1 saturated carbocycles. The Balaban J connectivity index is 2.20. The van der Waals surface area contributed by atoms with Crippen molar-refractivity contribution in [3.63, 3.8) is 0 Å². The zero-order valence-corrected chi connectivity index (χ0v) is 11.0. The van der Waals surface area contributed by atoms with Crippen LogP contribution in [0, 0.1) is 10.1 Å². The predicted molar refractivity (Wildman–Crippen MR) is 69.8 cm³/mol. The average Bonchev–Trinajstić information content (AvgIpc) is 2.32. The molecule has 0 heterocycles. The molecule has 0 saturated heterocycles. The smallest absolute Gasteiger partial charge is 0.329 e. The minimum absolute atomic E-state index is 0.0909. The number of nitro groups is 1. The lowest BCUT2D eigenvalue weighted by Gasteiger charge is -2.38. The van der Waals surface area contributed by atoms with Crippen molar-refractivity contribution in [1.82, 2.24) is 5.32 Å².